The summed E-state index contributed by atoms with van der Waals surface area (Å²) in [5, 5.41) is 5.87. The van der Waals surface area contributed by atoms with Crippen molar-refractivity contribution in [2.75, 3.05) is 45.9 Å². The number of hydrogen-bond donors (Lipinski definition) is 3. The second-order valence-corrected chi connectivity index (χ2v) is 4.91. The molecule has 0 aliphatic carbocycles. The first-order valence-electron chi connectivity index (χ1n) is 6.88. The molecular formula is C12H23N5O2. The fourth-order valence-corrected chi connectivity index (χ4v) is 2.27. The average Bonchev–Trinajstić information content (AvgIpc) is 2.89. The van der Waals surface area contributed by atoms with Gasteiger partial charge in [0.1, 0.15) is 0 Å². The molecular weight excluding hydrogens is 246 g/mol. The fourth-order valence-electron chi connectivity index (χ4n) is 2.27. The molecule has 1 atom stereocenters. The lowest BCUT2D eigenvalue weighted by Crippen LogP contribution is -2.50. The van der Waals surface area contributed by atoms with E-state index in [0.29, 0.717) is 25.6 Å². The number of piperazine rings is 1. The van der Waals surface area contributed by atoms with E-state index in [0.717, 1.165) is 39.1 Å². The maximum absolute atomic E-state index is 11.2. The van der Waals surface area contributed by atoms with Gasteiger partial charge in [0.15, 0.2) is 5.96 Å². The lowest BCUT2D eigenvalue weighted by atomic mass is 10.2. The van der Waals surface area contributed by atoms with Crippen LogP contribution in [0.5, 0.6) is 0 Å². The standard InChI is InChI=1S/C12H23N5O2/c13-12(16-8-10-2-1-7-19-10)15-4-6-17-5-3-14-11(18)9-17/h10H,1-9H2,(H,14,18)(H3,13,15,16). The molecule has 0 saturated carbocycles. The van der Waals surface area contributed by atoms with E-state index in [-0.39, 0.29) is 12.0 Å². The minimum Gasteiger partial charge on any atom is -0.376 e. The lowest BCUT2D eigenvalue weighted by Gasteiger charge is -2.26. The van der Waals surface area contributed by atoms with Gasteiger partial charge in [-0.05, 0) is 12.8 Å². The van der Waals surface area contributed by atoms with Crippen molar-refractivity contribution < 1.29 is 9.53 Å². The first-order chi connectivity index (χ1) is 9.24. The normalized spacial score (nSPS) is 25.4. The number of amides is 1. The van der Waals surface area contributed by atoms with Gasteiger partial charge in [-0.15, -0.1) is 0 Å². The van der Waals surface area contributed by atoms with Crippen LogP contribution in [0, 0.1) is 0 Å². The lowest BCUT2D eigenvalue weighted by molar-refractivity contribution is -0.124. The molecule has 1 unspecified atom stereocenters. The number of hydrogen-bond acceptors (Lipinski definition) is 4. The van der Waals surface area contributed by atoms with Gasteiger partial charge in [0, 0.05) is 32.8 Å². The predicted molar refractivity (Wildman–Crippen MR) is 72.9 cm³/mol. The number of carbonyl (C=O) groups is 1. The molecule has 0 aromatic carbocycles. The van der Waals surface area contributed by atoms with Crippen LogP contribution in [0.25, 0.3) is 0 Å². The Hall–Kier alpha value is -1.34. The number of nitrogens with two attached hydrogens (primary N) is 1. The molecule has 0 bridgehead atoms. The summed E-state index contributed by atoms with van der Waals surface area (Å²) >= 11 is 0. The molecule has 0 aromatic rings. The summed E-state index contributed by atoms with van der Waals surface area (Å²) in [6, 6.07) is 0. The van der Waals surface area contributed by atoms with Crippen LogP contribution >= 0.6 is 0 Å². The van der Waals surface area contributed by atoms with Gasteiger partial charge < -0.3 is 21.1 Å². The third kappa shape index (κ3) is 5.04. The zero-order valence-electron chi connectivity index (χ0n) is 11.2. The Morgan fingerprint density at radius 1 is 1.63 bits per heavy atom. The minimum atomic E-state index is 0.0891. The molecule has 19 heavy (non-hydrogen) atoms. The molecule has 0 radical (unpaired) electrons. The molecule has 2 aliphatic heterocycles. The molecule has 2 heterocycles. The van der Waals surface area contributed by atoms with Crippen molar-refractivity contribution in [2.24, 2.45) is 10.7 Å². The van der Waals surface area contributed by atoms with E-state index in [2.05, 4.69) is 20.5 Å². The molecule has 2 fully saturated rings. The summed E-state index contributed by atoms with van der Waals surface area (Å²) in [6.45, 7) is 5.05. The molecule has 7 nitrogen and oxygen atoms in total. The molecule has 108 valence electrons. The first-order valence-corrected chi connectivity index (χ1v) is 6.88. The second kappa shape index (κ2) is 7.30. The van der Waals surface area contributed by atoms with Crippen molar-refractivity contribution in [1.82, 2.24) is 15.5 Å². The average molecular weight is 269 g/mol. The Morgan fingerprint density at radius 2 is 2.53 bits per heavy atom. The topological polar surface area (TPSA) is 92.0 Å². The number of guanidine groups is 1. The molecule has 0 spiro atoms. The van der Waals surface area contributed by atoms with Crippen LogP contribution in [-0.4, -0.2) is 68.7 Å². The molecule has 7 heteroatoms. The quantitative estimate of drug-likeness (QED) is 0.417. The van der Waals surface area contributed by atoms with Gasteiger partial charge in [0.2, 0.25) is 5.91 Å². The maximum atomic E-state index is 11.2. The summed E-state index contributed by atoms with van der Waals surface area (Å²) in [4.78, 5) is 17.5. The van der Waals surface area contributed by atoms with Crippen LogP contribution < -0.4 is 16.4 Å². The predicted octanol–water partition coefficient (Wildman–Crippen LogP) is -1.50. The highest BCUT2D eigenvalue weighted by molar-refractivity contribution is 5.79. The Morgan fingerprint density at radius 3 is 3.26 bits per heavy atom. The third-order valence-electron chi connectivity index (χ3n) is 3.34. The van der Waals surface area contributed by atoms with Crippen LogP contribution in [0.3, 0.4) is 0 Å². The second-order valence-electron chi connectivity index (χ2n) is 4.91. The molecule has 2 saturated heterocycles. The largest absolute Gasteiger partial charge is 0.376 e. The first kappa shape index (κ1) is 14.1. The van der Waals surface area contributed by atoms with E-state index in [4.69, 9.17) is 10.5 Å². The van der Waals surface area contributed by atoms with Gasteiger partial charge in [-0.2, -0.15) is 0 Å². The van der Waals surface area contributed by atoms with Crippen molar-refractivity contribution in [2.45, 2.75) is 18.9 Å². The molecule has 1 amide bonds. The Kier molecular flexibility index (Phi) is 5.41. The molecule has 0 aromatic heterocycles. The summed E-state index contributed by atoms with van der Waals surface area (Å²) in [7, 11) is 0. The summed E-state index contributed by atoms with van der Waals surface area (Å²) in [5.41, 5.74) is 5.78. The third-order valence-corrected chi connectivity index (χ3v) is 3.34. The zero-order chi connectivity index (χ0) is 13.5. The number of aliphatic imine (C=N–C) groups is 1. The SMILES string of the molecule is NC(=NCC1CCCO1)NCCN1CCNC(=O)C1. The summed E-state index contributed by atoms with van der Waals surface area (Å²) < 4.78 is 5.47. The van der Waals surface area contributed by atoms with Gasteiger partial charge in [-0.25, -0.2) is 0 Å². The van der Waals surface area contributed by atoms with Crippen LogP contribution in [0.1, 0.15) is 12.8 Å². The van der Waals surface area contributed by atoms with Crippen molar-refractivity contribution in [3.63, 3.8) is 0 Å². The highest BCUT2D eigenvalue weighted by Gasteiger charge is 2.16. The van der Waals surface area contributed by atoms with Crippen molar-refractivity contribution in [1.29, 1.82) is 0 Å². The van der Waals surface area contributed by atoms with E-state index >= 15 is 0 Å². The van der Waals surface area contributed by atoms with Crippen molar-refractivity contribution >= 4 is 11.9 Å². The van der Waals surface area contributed by atoms with Gasteiger partial charge in [0.25, 0.3) is 0 Å². The molecule has 2 rings (SSSR count). The Labute approximate surface area is 113 Å². The van der Waals surface area contributed by atoms with Gasteiger partial charge >= 0.3 is 0 Å². The van der Waals surface area contributed by atoms with Crippen LogP contribution in [0.15, 0.2) is 4.99 Å². The number of ether oxygens (including phenoxy) is 1. The number of nitrogens with zero attached hydrogens (tertiary/aromatic N) is 2. The highest BCUT2D eigenvalue weighted by atomic mass is 16.5. The fraction of sp³-hybridized carbons (Fsp3) is 0.833. The van der Waals surface area contributed by atoms with E-state index < -0.39 is 0 Å². The molecule has 2 aliphatic rings. The van der Waals surface area contributed by atoms with Gasteiger partial charge in [0.05, 0.1) is 19.2 Å². The summed E-state index contributed by atoms with van der Waals surface area (Å²) in [6.07, 6.45) is 2.41. The Bertz CT molecular complexity index is 328. The maximum Gasteiger partial charge on any atom is 0.234 e. The van der Waals surface area contributed by atoms with Crippen LogP contribution in [-0.2, 0) is 9.53 Å². The van der Waals surface area contributed by atoms with Crippen LogP contribution in [0.2, 0.25) is 0 Å². The van der Waals surface area contributed by atoms with E-state index in [1.54, 1.807) is 0 Å². The molecule has 4 N–H and O–H groups in total. The number of nitrogens with one attached hydrogen (secondary N) is 2. The van der Waals surface area contributed by atoms with Crippen LogP contribution in [0.4, 0.5) is 0 Å². The van der Waals surface area contributed by atoms with E-state index in [1.165, 1.54) is 0 Å². The number of rotatable bonds is 5. The minimum absolute atomic E-state index is 0.0891. The Balaban J connectivity index is 1.58. The smallest absolute Gasteiger partial charge is 0.234 e. The van der Waals surface area contributed by atoms with Gasteiger partial charge in [-0.1, -0.05) is 0 Å². The van der Waals surface area contributed by atoms with Crippen molar-refractivity contribution in [3.05, 3.63) is 0 Å². The van der Waals surface area contributed by atoms with Gasteiger partial charge in [-0.3, -0.25) is 14.7 Å². The van der Waals surface area contributed by atoms with Crippen molar-refractivity contribution in [3.8, 4) is 0 Å². The summed E-state index contributed by atoms with van der Waals surface area (Å²) in [5.74, 6) is 0.545. The zero-order valence-corrected chi connectivity index (χ0v) is 11.2. The highest BCUT2D eigenvalue weighted by Crippen LogP contribution is 2.11. The van der Waals surface area contributed by atoms with E-state index in [1.807, 2.05) is 0 Å². The monoisotopic (exact) mass is 269 g/mol. The van der Waals surface area contributed by atoms with E-state index in [9.17, 15) is 4.79 Å². The number of carbonyl (C=O) groups excluding carboxylic acids is 1.